The van der Waals surface area contributed by atoms with Crippen LogP contribution in [0.5, 0.6) is 0 Å². The molecular formula is C11H13BrN4. The monoisotopic (exact) mass is 280 g/mol. The Morgan fingerprint density at radius 1 is 1.38 bits per heavy atom. The first-order valence-electron chi connectivity index (χ1n) is 5.07. The molecule has 1 aromatic carbocycles. The predicted octanol–water partition coefficient (Wildman–Crippen LogP) is 1.74. The van der Waals surface area contributed by atoms with Crippen molar-refractivity contribution in [3.8, 4) is 0 Å². The zero-order valence-electron chi connectivity index (χ0n) is 9.00. The number of halogens is 1. The molecule has 16 heavy (non-hydrogen) atoms. The summed E-state index contributed by atoms with van der Waals surface area (Å²) < 4.78 is 0.985. The predicted molar refractivity (Wildman–Crippen MR) is 69.3 cm³/mol. The van der Waals surface area contributed by atoms with Gasteiger partial charge in [-0.3, -0.25) is 0 Å². The van der Waals surface area contributed by atoms with Crippen LogP contribution >= 0.6 is 15.9 Å². The fourth-order valence-corrected chi connectivity index (χ4v) is 1.88. The van der Waals surface area contributed by atoms with Gasteiger partial charge in [0.15, 0.2) is 0 Å². The summed E-state index contributed by atoms with van der Waals surface area (Å²) in [7, 11) is 1.90. The van der Waals surface area contributed by atoms with E-state index in [9.17, 15) is 0 Å². The molecule has 1 aromatic heterocycles. The lowest BCUT2D eigenvalue weighted by Gasteiger charge is -2.05. The van der Waals surface area contributed by atoms with E-state index in [1.807, 2.05) is 25.2 Å². The highest BCUT2D eigenvalue weighted by atomic mass is 79.9. The summed E-state index contributed by atoms with van der Waals surface area (Å²) in [5, 5.41) is 3.96. The molecule has 84 valence electrons. The normalized spacial score (nSPS) is 10.9. The van der Waals surface area contributed by atoms with Gasteiger partial charge >= 0.3 is 0 Å². The standard InChI is InChI=1S/C11H13BrN4/c1-14-5-4-10-15-9-3-2-7(12)6-8(9)11(13)16-10/h2-3,6,14H,4-5H2,1H3,(H2,13,15,16). The Labute approximate surface area is 102 Å². The molecule has 0 amide bonds. The maximum atomic E-state index is 5.91. The molecule has 0 aliphatic heterocycles. The number of anilines is 1. The quantitative estimate of drug-likeness (QED) is 0.899. The van der Waals surface area contributed by atoms with Crippen LogP contribution < -0.4 is 11.1 Å². The lowest BCUT2D eigenvalue weighted by molar-refractivity contribution is 0.760. The number of hydrogen-bond acceptors (Lipinski definition) is 4. The van der Waals surface area contributed by atoms with Gasteiger partial charge in [0.25, 0.3) is 0 Å². The van der Waals surface area contributed by atoms with Gasteiger partial charge in [-0.2, -0.15) is 0 Å². The van der Waals surface area contributed by atoms with Crippen molar-refractivity contribution in [2.24, 2.45) is 0 Å². The van der Waals surface area contributed by atoms with Crippen LogP contribution in [0.3, 0.4) is 0 Å². The van der Waals surface area contributed by atoms with E-state index in [0.717, 1.165) is 34.2 Å². The maximum Gasteiger partial charge on any atom is 0.135 e. The number of rotatable bonds is 3. The Morgan fingerprint density at radius 2 is 2.19 bits per heavy atom. The van der Waals surface area contributed by atoms with Gasteiger partial charge in [0, 0.05) is 22.8 Å². The summed E-state index contributed by atoms with van der Waals surface area (Å²) in [4.78, 5) is 8.75. The van der Waals surface area contributed by atoms with Crippen molar-refractivity contribution < 1.29 is 0 Å². The van der Waals surface area contributed by atoms with E-state index in [4.69, 9.17) is 5.73 Å². The Balaban J connectivity index is 2.46. The number of fused-ring (bicyclic) bond motifs is 1. The van der Waals surface area contributed by atoms with E-state index in [0.29, 0.717) is 5.82 Å². The van der Waals surface area contributed by atoms with E-state index in [-0.39, 0.29) is 0 Å². The largest absolute Gasteiger partial charge is 0.383 e. The van der Waals surface area contributed by atoms with E-state index >= 15 is 0 Å². The molecule has 4 nitrogen and oxygen atoms in total. The second-order valence-electron chi connectivity index (χ2n) is 3.54. The van der Waals surface area contributed by atoms with Crippen LogP contribution in [0.15, 0.2) is 22.7 Å². The van der Waals surface area contributed by atoms with Crippen LogP contribution in [0, 0.1) is 0 Å². The first kappa shape index (κ1) is 11.3. The Kier molecular flexibility index (Phi) is 3.36. The van der Waals surface area contributed by atoms with Gasteiger partial charge in [-0.15, -0.1) is 0 Å². The van der Waals surface area contributed by atoms with Crippen LogP contribution in [0.4, 0.5) is 5.82 Å². The van der Waals surface area contributed by atoms with Crippen molar-refractivity contribution in [3.05, 3.63) is 28.5 Å². The summed E-state index contributed by atoms with van der Waals surface area (Å²) in [6, 6.07) is 5.84. The number of aromatic nitrogens is 2. The summed E-state index contributed by atoms with van der Waals surface area (Å²) in [6.45, 7) is 0.849. The molecular weight excluding hydrogens is 268 g/mol. The third kappa shape index (κ3) is 2.31. The molecule has 2 aromatic rings. The van der Waals surface area contributed by atoms with Crippen molar-refractivity contribution in [2.45, 2.75) is 6.42 Å². The third-order valence-electron chi connectivity index (χ3n) is 2.33. The molecule has 0 unspecified atom stereocenters. The lowest BCUT2D eigenvalue weighted by Crippen LogP contribution is -2.13. The van der Waals surface area contributed by atoms with Gasteiger partial charge < -0.3 is 11.1 Å². The smallest absolute Gasteiger partial charge is 0.135 e. The number of benzene rings is 1. The molecule has 0 saturated carbocycles. The maximum absolute atomic E-state index is 5.91. The fourth-order valence-electron chi connectivity index (χ4n) is 1.52. The van der Waals surface area contributed by atoms with Gasteiger partial charge in [0.1, 0.15) is 11.6 Å². The molecule has 0 fully saturated rings. The Morgan fingerprint density at radius 3 is 2.94 bits per heavy atom. The summed E-state index contributed by atoms with van der Waals surface area (Å²) >= 11 is 3.41. The van der Waals surface area contributed by atoms with E-state index in [1.165, 1.54) is 0 Å². The lowest BCUT2D eigenvalue weighted by atomic mass is 10.2. The summed E-state index contributed by atoms with van der Waals surface area (Å²) in [5.74, 6) is 1.32. The number of hydrogen-bond donors (Lipinski definition) is 2. The Hall–Kier alpha value is -1.20. The molecule has 0 spiro atoms. The molecule has 0 bridgehead atoms. The summed E-state index contributed by atoms with van der Waals surface area (Å²) in [5.41, 5.74) is 6.80. The molecule has 0 radical (unpaired) electrons. The van der Waals surface area contributed by atoms with Crippen LogP contribution in [-0.2, 0) is 6.42 Å². The van der Waals surface area contributed by atoms with Gasteiger partial charge in [-0.1, -0.05) is 15.9 Å². The second-order valence-corrected chi connectivity index (χ2v) is 4.46. The number of nitrogens with one attached hydrogen (secondary N) is 1. The first-order chi connectivity index (χ1) is 7.70. The van der Waals surface area contributed by atoms with Crippen LogP contribution in [0.2, 0.25) is 0 Å². The SMILES string of the molecule is CNCCc1nc(N)c2cc(Br)ccc2n1. The van der Waals surface area contributed by atoms with E-state index in [2.05, 4.69) is 31.2 Å². The highest BCUT2D eigenvalue weighted by molar-refractivity contribution is 9.10. The first-order valence-corrected chi connectivity index (χ1v) is 5.86. The van der Waals surface area contributed by atoms with E-state index < -0.39 is 0 Å². The van der Waals surface area contributed by atoms with Crippen molar-refractivity contribution in [2.75, 3.05) is 19.3 Å². The van der Waals surface area contributed by atoms with Crippen molar-refractivity contribution >= 4 is 32.7 Å². The number of likely N-dealkylation sites (N-methyl/N-ethyl adjacent to an activating group) is 1. The van der Waals surface area contributed by atoms with Crippen molar-refractivity contribution in [1.29, 1.82) is 0 Å². The average molecular weight is 281 g/mol. The van der Waals surface area contributed by atoms with Crippen LogP contribution in [-0.4, -0.2) is 23.6 Å². The number of nitrogens with zero attached hydrogens (tertiary/aromatic N) is 2. The van der Waals surface area contributed by atoms with Gasteiger partial charge in [-0.25, -0.2) is 9.97 Å². The van der Waals surface area contributed by atoms with Gasteiger partial charge in [0.05, 0.1) is 5.52 Å². The number of nitrogen functional groups attached to an aromatic ring is 1. The Bertz CT molecular complexity index is 513. The van der Waals surface area contributed by atoms with E-state index in [1.54, 1.807) is 0 Å². The fraction of sp³-hybridized carbons (Fsp3) is 0.273. The minimum atomic E-state index is 0.539. The van der Waals surface area contributed by atoms with Crippen LogP contribution in [0.25, 0.3) is 10.9 Å². The van der Waals surface area contributed by atoms with Crippen molar-refractivity contribution in [3.63, 3.8) is 0 Å². The second kappa shape index (κ2) is 4.76. The van der Waals surface area contributed by atoms with Gasteiger partial charge in [0.2, 0.25) is 0 Å². The molecule has 0 aliphatic carbocycles. The zero-order chi connectivity index (χ0) is 11.5. The molecule has 0 saturated heterocycles. The zero-order valence-corrected chi connectivity index (χ0v) is 10.6. The molecule has 5 heteroatoms. The van der Waals surface area contributed by atoms with Crippen LogP contribution in [0.1, 0.15) is 5.82 Å². The number of nitrogens with two attached hydrogens (primary N) is 1. The molecule has 3 N–H and O–H groups in total. The molecule has 1 heterocycles. The highest BCUT2D eigenvalue weighted by Gasteiger charge is 2.05. The molecule has 0 aliphatic rings. The van der Waals surface area contributed by atoms with Crippen molar-refractivity contribution in [1.82, 2.24) is 15.3 Å². The average Bonchev–Trinajstić information content (AvgIpc) is 2.27. The van der Waals surface area contributed by atoms with Gasteiger partial charge in [-0.05, 0) is 25.2 Å². The molecule has 2 rings (SSSR count). The summed E-state index contributed by atoms with van der Waals surface area (Å²) in [6.07, 6.45) is 0.784. The third-order valence-corrected chi connectivity index (χ3v) is 2.83. The highest BCUT2D eigenvalue weighted by Crippen LogP contribution is 2.22. The topological polar surface area (TPSA) is 63.8 Å². The molecule has 0 atom stereocenters. The minimum absolute atomic E-state index is 0.539. The minimum Gasteiger partial charge on any atom is -0.383 e.